The fourth-order valence-corrected chi connectivity index (χ4v) is 3.01. The van der Waals surface area contributed by atoms with Crippen LogP contribution < -0.4 is 5.73 Å². The first-order valence-corrected chi connectivity index (χ1v) is 7.96. The summed E-state index contributed by atoms with van der Waals surface area (Å²) in [6, 6.07) is 12.9. The quantitative estimate of drug-likeness (QED) is 0.826. The fraction of sp³-hybridized carbons (Fsp3) is 0.200. The molecule has 2 aromatic carbocycles. The Hall–Kier alpha value is -0.840. The molecule has 1 atom stereocenters. The van der Waals surface area contributed by atoms with Gasteiger partial charge in [-0.15, -0.1) is 11.8 Å². The van der Waals surface area contributed by atoms with E-state index in [4.69, 9.17) is 5.73 Å². The summed E-state index contributed by atoms with van der Waals surface area (Å²) in [6.45, 7) is 0. The van der Waals surface area contributed by atoms with Gasteiger partial charge in [0.2, 0.25) is 0 Å². The van der Waals surface area contributed by atoms with Crippen LogP contribution in [0.3, 0.4) is 0 Å². The third-order valence-electron chi connectivity index (χ3n) is 2.99. The molecule has 0 aliphatic carbocycles. The van der Waals surface area contributed by atoms with E-state index in [0.29, 0.717) is 12.0 Å². The van der Waals surface area contributed by atoms with E-state index in [2.05, 4.69) is 15.9 Å². The number of nitrogens with two attached hydrogens (primary N) is 1. The van der Waals surface area contributed by atoms with Crippen molar-refractivity contribution in [2.24, 2.45) is 5.73 Å². The summed E-state index contributed by atoms with van der Waals surface area (Å²) < 4.78 is 14.6. The molecule has 2 rings (SSSR count). The minimum atomic E-state index is -0.216. The van der Waals surface area contributed by atoms with Gasteiger partial charge < -0.3 is 5.73 Å². The van der Waals surface area contributed by atoms with E-state index in [9.17, 15) is 4.39 Å². The Morgan fingerprint density at radius 2 is 2.00 bits per heavy atom. The molecule has 0 spiro atoms. The average Bonchev–Trinajstić information content (AvgIpc) is 2.41. The maximum absolute atomic E-state index is 13.8. The maximum Gasteiger partial charge on any atom is 0.127 e. The minimum absolute atomic E-state index is 0.195. The molecule has 0 heterocycles. The SMILES string of the molecule is CSc1ccccc1C(N)Cc1ccc(Br)cc1F. The Kier molecular flexibility index (Phi) is 5.02. The predicted molar refractivity (Wildman–Crippen MR) is 83.0 cm³/mol. The number of hydrogen-bond acceptors (Lipinski definition) is 2. The lowest BCUT2D eigenvalue weighted by Crippen LogP contribution is -2.15. The van der Waals surface area contributed by atoms with Gasteiger partial charge in [0, 0.05) is 15.4 Å². The Morgan fingerprint density at radius 3 is 2.68 bits per heavy atom. The van der Waals surface area contributed by atoms with Crippen molar-refractivity contribution in [1.82, 2.24) is 0 Å². The number of hydrogen-bond donors (Lipinski definition) is 1. The van der Waals surface area contributed by atoms with E-state index >= 15 is 0 Å². The van der Waals surface area contributed by atoms with Crippen LogP contribution in [0.1, 0.15) is 17.2 Å². The van der Waals surface area contributed by atoms with Crippen LogP contribution in [0.2, 0.25) is 0 Å². The smallest absolute Gasteiger partial charge is 0.127 e. The Morgan fingerprint density at radius 1 is 1.26 bits per heavy atom. The molecular weight excluding hydrogens is 325 g/mol. The van der Waals surface area contributed by atoms with Gasteiger partial charge in [-0.3, -0.25) is 0 Å². The van der Waals surface area contributed by atoms with Crippen LogP contribution in [0.25, 0.3) is 0 Å². The second kappa shape index (κ2) is 6.55. The second-order valence-electron chi connectivity index (χ2n) is 4.29. The zero-order valence-electron chi connectivity index (χ0n) is 10.6. The summed E-state index contributed by atoms with van der Waals surface area (Å²) in [7, 11) is 0. The summed E-state index contributed by atoms with van der Waals surface area (Å²) in [5.74, 6) is -0.216. The van der Waals surface area contributed by atoms with Gasteiger partial charge in [0.25, 0.3) is 0 Å². The summed E-state index contributed by atoms with van der Waals surface area (Å²) in [5, 5.41) is 0. The standard InChI is InChI=1S/C15H15BrFNS/c1-19-15-5-3-2-4-12(15)14(18)8-10-6-7-11(16)9-13(10)17/h2-7,9,14H,8,18H2,1H3. The maximum atomic E-state index is 13.8. The minimum Gasteiger partial charge on any atom is -0.324 e. The number of rotatable bonds is 4. The van der Waals surface area contributed by atoms with E-state index in [1.807, 2.05) is 36.6 Å². The summed E-state index contributed by atoms with van der Waals surface area (Å²) >= 11 is 4.92. The van der Waals surface area contributed by atoms with Crippen LogP contribution in [0.5, 0.6) is 0 Å². The van der Waals surface area contributed by atoms with Crippen LogP contribution in [0.4, 0.5) is 4.39 Å². The lowest BCUT2D eigenvalue weighted by Gasteiger charge is -2.16. The molecule has 0 amide bonds. The first-order valence-electron chi connectivity index (χ1n) is 5.94. The molecule has 2 aromatic rings. The van der Waals surface area contributed by atoms with E-state index in [-0.39, 0.29) is 11.9 Å². The highest BCUT2D eigenvalue weighted by Gasteiger charge is 2.13. The van der Waals surface area contributed by atoms with Crippen molar-refractivity contribution in [2.45, 2.75) is 17.4 Å². The molecule has 0 saturated carbocycles. The molecule has 0 aliphatic rings. The Labute approximate surface area is 125 Å². The topological polar surface area (TPSA) is 26.0 Å². The van der Waals surface area contributed by atoms with E-state index in [0.717, 1.165) is 14.9 Å². The van der Waals surface area contributed by atoms with Crippen molar-refractivity contribution in [3.8, 4) is 0 Å². The molecular formula is C15H15BrFNS. The van der Waals surface area contributed by atoms with Gasteiger partial charge >= 0.3 is 0 Å². The van der Waals surface area contributed by atoms with Gasteiger partial charge in [0.1, 0.15) is 5.82 Å². The molecule has 0 radical (unpaired) electrons. The lowest BCUT2D eigenvalue weighted by molar-refractivity contribution is 0.590. The summed E-state index contributed by atoms with van der Waals surface area (Å²) in [4.78, 5) is 1.15. The largest absolute Gasteiger partial charge is 0.324 e. The van der Waals surface area contributed by atoms with Crippen LogP contribution in [-0.4, -0.2) is 6.26 Å². The normalized spacial score (nSPS) is 12.4. The number of halogens is 2. The molecule has 19 heavy (non-hydrogen) atoms. The third kappa shape index (κ3) is 3.59. The van der Waals surface area contributed by atoms with Crippen LogP contribution >= 0.6 is 27.7 Å². The number of thioether (sulfide) groups is 1. The summed E-state index contributed by atoms with van der Waals surface area (Å²) in [6.07, 6.45) is 2.52. The first kappa shape index (κ1) is 14.6. The highest BCUT2D eigenvalue weighted by molar-refractivity contribution is 9.10. The van der Waals surface area contributed by atoms with Crippen molar-refractivity contribution >= 4 is 27.7 Å². The Bertz CT molecular complexity index is 574. The molecule has 1 nitrogen and oxygen atoms in total. The summed E-state index contributed by atoms with van der Waals surface area (Å²) in [5.41, 5.74) is 7.93. The Balaban J connectivity index is 2.23. The highest BCUT2D eigenvalue weighted by Crippen LogP contribution is 2.27. The monoisotopic (exact) mass is 339 g/mol. The molecule has 0 bridgehead atoms. The van der Waals surface area contributed by atoms with Crippen molar-refractivity contribution in [2.75, 3.05) is 6.26 Å². The van der Waals surface area contributed by atoms with E-state index in [1.165, 1.54) is 6.07 Å². The van der Waals surface area contributed by atoms with E-state index in [1.54, 1.807) is 17.8 Å². The van der Waals surface area contributed by atoms with Gasteiger partial charge in [-0.1, -0.05) is 40.2 Å². The van der Waals surface area contributed by atoms with Gasteiger partial charge in [-0.25, -0.2) is 4.39 Å². The van der Waals surface area contributed by atoms with Crippen molar-refractivity contribution in [3.63, 3.8) is 0 Å². The molecule has 1 unspecified atom stereocenters. The van der Waals surface area contributed by atoms with Crippen molar-refractivity contribution < 1.29 is 4.39 Å². The average molecular weight is 340 g/mol. The van der Waals surface area contributed by atoms with Crippen LogP contribution in [0, 0.1) is 5.82 Å². The fourth-order valence-electron chi connectivity index (χ4n) is 2.01. The first-order chi connectivity index (χ1) is 9.11. The lowest BCUT2D eigenvalue weighted by atomic mass is 9.99. The molecule has 100 valence electrons. The van der Waals surface area contributed by atoms with Gasteiger partial charge in [-0.05, 0) is 42.0 Å². The molecule has 2 N–H and O–H groups in total. The highest BCUT2D eigenvalue weighted by atomic mass is 79.9. The molecule has 0 aromatic heterocycles. The van der Waals surface area contributed by atoms with Gasteiger partial charge in [-0.2, -0.15) is 0 Å². The number of benzene rings is 2. The molecule has 4 heteroatoms. The molecule has 0 fully saturated rings. The van der Waals surface area contributed by atoms with Crippen LogP contribution in [-0.2, 0) is 6.42 Å². The van der Waals surface area contributed by atoms with Gasteiger partial charge in [0.05, 0.1) is 0 Å². The zero-order valence-corrected chi connectivity index (χ0v) is 13.0. The van der Waals surface area contributed by atoms with Gasteiger partial charge in [0.15, 0.2) is 0 Å². The van der Waals surface area contributed by atoms with Crippen molar-refractivity contribution in [1.29, 1.82) is 0 Å². The zero-order chi connectivity index (χ0) is 13.8. The molecule has 0 aliphatic heterocycles. The molecule has 0 saturated heterocycles. The third-order valence-corrected chi connectivity index (χ3v) is 4.30. The van der Waals surface area contributed by atoms with Crippen molar-refractivity contribution in [3.05, 3.63) is 63.9 Å². The predicted octanol–water partition coefficient (Wildman–Crippen LogP) is 4.55. The van der Waals surface area contributed by atoms with E-state index < -0.39 is 0 Å². The van der Waals surface area contributed by atoms with Crippen LogP contribution in [0.15, 0.2) is 51.8 Å². The second-order valence-corrected chi connectivity index (χ2v) is 6.05.